The first-order chi connectivity index (χ1) is 14.4. The molecule has 0 fully saturated rings. The highest BCUT2D eigenvalue weighted by Gasteiger charge is 2.17. The summed E-state index contributed by atoms with van der Waals surface area (Å²) < 4.78 is 1.82. The van der Waals surface area contributed by atoms with Crippen LogP contribution in [-0.2, 0) is 6.54 Å². The molecule has 5 N–H and O–H groups in total. The summed E-state index contributed by atoms with van der Waals surface area (Å²) in [5, 5.41) is 30.0. The summed E-state index contributed by atoms with van der Waals surface area (Å²) in [6, 6.07) is 12.2. The molecule has 1 amide bonds. The minimum absolute atomic E-state index is 0.402. The van der Waals surface area contributed by atoms with Crippen LogP contribution in [0, 0.1) is 6.92 Å². The standard InChI is InChI=1S/C20H19BN6O3/c1-12-8-16-15(19(22)28)6-3-7-27(16)18(12)20-25-17(11-24-26-20)23-10-13-4-2-5-14(9-13)21(29)30/h2-9,11,29-30H,10H2,1H3,(H2,22,28)(H,23,25,26). The van der Waals surface area contributed by atoms with Crippen molar-refractivity contribution >= 4 is 29.8 Å². The predicted molar refractivity (Wildman–Crippen MR) is 113 cm³/mol. The minimum Gasteiger partial charge on any atom is -0.423 e. The normalized spacial score (nSPS) is 10.9. The van der Waals surface area contributed by atoms with Crippen LogP contribution in [0.3, 0.4) is 0 Å². The lowest BCUT2D eigenvalue weighted by molar-refractivity contribution is 0.100. The average Bonchev–Trinajstić information content (AvgIpc) is 3.08. The molecule has 0 aliphatic rings. The molecule has 3 aromatic heterocycles. The van der Waals surface area contributed by atoms with E-state index in [1.807, 2.05) is 29.7 Å². The fraction of sp³-hybridized carbons (Fsp3) is 0.100. The Balaban J connectivity index is 1.64. The fourth-order valence-electron chi connectivity index (χ4n) is 3.36. The molecule has 4 rings (SSSR count). The molecule has 0 saturated heterocycles. The topological polar surface area (TPSA) is 139 Å². The van der Waals surface area contributed by atoms with Gasteiger partial charge in [-0.05, 0) is 41.7 Å². The smallest absolute Gasteiger partial charge is 0.423 e. The zero-order valence-corrected chi connectivity index (χ0v) is 16.1. The lowest BCUT2D eigenvalue weighted by Crippen LogP contribution is -2.30. The van der Waals surface area contributed by atoms with Gasteiger partial charge < -0.3 is 25.5 Å². The number of rotatable bonds is 6. The molecule has 1 aromatic carbocycles. The van der Waals surface area contributed by atoms with Gasteiger partial charge in [-0.3, -0.25) is 4.79 Å². The summed E-state index contributed by atoms with van der Waals surface area (Å²) in [6.07, 6.45) is 3.33. The second-order valence-electron chi connectivity index (χ2n) is 6.85. The molecule has 0 bridgehead atoms. The molecule has 10 heteroatoms. The third-order valence-corrected chi connectivity index (χ3v) is 4.76. The van der Waals surface area contributed by atoms with E-state index >= 15 is 0 Å². The SMILES string of the molecule is Cc1cc2c(C(N)=O)cccn2c1-c1nncc(NCc2cccc(B(O)O)c2)n1. The molecule has 4 aromatic rings. The Bertz CT molecular complexity index is 1240. The minimum atomic E-state index is -1.52. The number of carbonyl (C=O) groups is 1. The van der Waals surface area contributed by atoms with Gasteiger partial charge in [0.15, 0.2) is 0 Å². The van der Waals surface area contributed by atoms with E-state index in [-0.39, 0.29) is 0 Å². The molecule has 0 atom stereocenters. The Hall–Kier alpha value is -3.76. The molecule has 0 aliphatic heterocycles. The third kappa shape index (κ3) is 3.73. The van der Waals surface area contributed by atoms with E-state index in [0.717, 1.165) is 16.8 Å². The van der Waals surface area contributed by atoms with E-state index in [9.17, 15) is 14.8 Å². The highest BCUT2D eigenvalue weighted by atomic mass is 16.4. The Labute approximate surface area is 172 Å². The quantitative estimate of drug-likeness (QED) is 0.344. The number of pyridine rings is 1. The largest absolute Gasteiger partial charge is 0.488 e. The van der Waals surface area contributed by atoms with E-state index in [1.54, 1.807) is 30.3 Å². The van der Waals surface area contributed by atoms with E-state index in [1.165, 1.54) is 6.20 Å². The third-order valence-electron chi connectivity index (χ3n) is 4.76. The van der Waals surface area contributed by atoms with Crippen molar-refractivity contribution in [3.05, 3.63) is 71.5 Å². The monoisotopic (exact) mass is 402 g/mol. The van der Waals surface area contributed by atoms with E-state index in [0.29, 0.717) is 34.7 Å². The molecule has 30 heavy (non-hydrogen) atoms. The molecule has 150 valence electrons. The Kier molecular flexibility index (Phi) is 5.17. The van der Waals surface area contributed by atoms with Crippen molar-refractivity contribution in [1.82, 2.24) is 19.6 Å². The Morgan fingerprint density at radius 2 is 2.07 bits per heavy atom. The first-order valence-electron chi connectivity index (χ1n) is 9.23. The van der Waals surface area contributed by atoms with Crippen LogP contribution in [-0.4, -0.2) is 42.7 Å². The maximum Gasteiger partial charge on any atom is 0.488 e. The number of benzene rings is 1. The second-order valence-corrected chi connectivity index (χ2v) is 6.85. The summed E-state index contributed by atoms with van der Waals surface area (Å²) >= 11 is 0. The highest BCUT2D eigenvalue weighted by molar-refractivity contribution is 6.58. The molecule has 0 unspecified atom stereocenters. The number of hydrogen-bond acceptors (Lipinski definition) is 7. The van der Waals surface area contributed by atoms with Crippen LogP contribution in [0.1, 0.15) is 21.5 Å². The summed E-state index contributed by atoms with van der Waals surface area (Å²) in [7, 11) is -1.52. The van der Waals surface area contributed by atoms with Crippen LogP contribution in [0.15, 0.2) is 54.9 Å². The number of nitrogens with zero attached hydrogens (tertiary/aromatic N) is 4. The van der Waals surface area contributed by atoms with Gasteiger partial charge in [-0.25, -0.2) is 4.98 Å². The van der Waals surface area contributed by atoms with Crippen LogP contribution in [0.5, 0.6) is 0 Å². The van der Waals surface area contributed by atoms with E-state index in [4.69, 9.17) is 5.73 Å². The highest BCUT2D eigenvalue weighted by Crippen LogP contribution is 2.26. The van der Waals surface area contributed by atoms with Gasteiger partial charge >= 0.3 is 7.12 Å². The maximum absolute atomic E-state index is 11.7. The van der Waals surface area contributed by atoms with E-state index in [2.05, 4.69) is 20.5 Å². The van der Waals surface area contributed by atoms with Crippen LogP contribution >= 0.6 is 0 Å². The molecular weight excluding hydrogens is 383 g/mol. The zero-order valence-electron chi connectivity index (χ0n) is 16.1. The fourth-order valence-corrected chi connectivity index (χ4v) is 3.36. The number of aromatic nitrogens is 4. The average molecular weight is 402 g/mol. The van der Waals surface area contributed by atoms with Crippen LogP contribution in [0.2, 0.25) is 0 Å². The number of carbonyl (C=O) groups excluding carboxylic acids is 1. The van der Waals surface area contributed by atoms with Gasteiger partial charge in [0, 0.05) is 12.7 Å². The number of nitrogens with one attached hydrogen (secondary N) is 1. The molecule has 0 radical (unpaired) electrons. The summed E-state index contributed by atoms with van der Waals surface area (Å²) in [5.74, 6) is 0.406. The van der Waals surface area contributed by atoms with Crippen LogP contribution in [0.25, 0.3) is 17.0 Å². The molecule has 0 spiro atoms. The second kappa shape index (κ2) is 7.93. The zero-order chi connectivity index (χ0) is 21.3. The van der Waals surface area contributed by atoms with Crippen molar-refractivity contribution < 1.29 is 14.8 Å². The van der Waals surface area contributed by atoms with Gasteiger partial charge in [0.1, 0.15) is 5.82 Å². The van der Waals surface area contributed by atoms with Gasteiger partial charge in [-0.15, -0.1) is 5.10 Å². The Morgan fingerprint density at radius 1 is 1.23 bits per heavy atom. The molecular formula is C20H19BN6O3. The number of hydrogen-bond donors (Lipinski definition) is 4. The van der Waals surface area contributed by atoms with Gasteiger partial charge in [0.05, 0.1) is 23.0 Å². The van der Waals surface area contributed by atoms with Gasteiger partial charge in [0.2, 0.25) is 5.82 Å². The van der Waals surface area contributed by atoms with Crippen LogP contribution in [0.4, 0.5) is 5.82 Å². The van der Waals surface area contributed by atoms with Gasteiger partial charge in [-0.2, -0.15) is 5.10 Å². The van der Waals surface area contributed by atoms with Gasteiger partial charge in [-0.1, -0.05) is 24.3 Å². The van der Waals surface area contributed by atoms with Crippen molar-refractivity contribution in [2.24, 2.45) is 5.73 Å². The molecule has 0 saturated carbocycles. The maximum atomic E-state index is 11.7. The van der Waals surface area contributed by atoms with Crippen molar-refractivity contribution in [3.8, 4) is 11.5 Å². The van der Waals surface area contributed by atoms with Crippen LogP contribution < -0.4 is 16.5 Å². The molecule has 9 nitrogen and oxygen atoms in total. The number of amides is 1. The first-order valence-corrected chi connectivity index (χ1v) is 9.23. The number of fused-ring (bicyclic) bond motifs is 1. The Morgan fingerprint density at radius 3 is 2.83 bits per heavy atom. The van der Waals surface area contributed by atoms with Crippen molar-refractivity contribution in [2.75, 3.05) is 5.32 Å². The molecule has 0 aliphatic carbocycles. The van der Waals surface area contributed by atoms with Crippen molar-refractivity contribution in [3.63, 3.8) is 0 Å². The lowest BCUT2D eigenvalue weighted by Gasteiger charge is -2.09. The molecule has 3 heterocycles. The summed E-state index contributed by atoms with van der Waals surface area (Å²) in [4.78, 5) is 16.3. The summed E-state index contributed by atoms with van der Waals surface area (Å²) in [6.45, 7) is 2.32. The van der Waals surface area contributed by atoms with Gasteiger partial charge in [0.25, 0.3) is 5.91 Å². The first kappa shape index (κ1) is 19.6. The number of aryl methyl sites for hydroxylation is 1. The predicted octanol–water partition coefficient (Wildman–Crippen LogP) is 0.491. The number of nitrogens with two attached hydrogens (primary N) is 1. The lowest BCUT2D eigenvalue weighted by atomic mass is 9.80. The van der Waals surface area contributed by atoms with E-state index < -0.39 is 13.0 Å². The van der Waals surface area contributed by atoms with Crippen molar-refractivity contribution in [1.29, 1.82) is 0 Å². The number of primary amides is 1. The summed E-state index contributed by atoms with van der Waals surface area (Å²) in [5.41, 5.74) is 9.45. The number of anilines is 1. The van der Waals surface area contributed by atoms with Crippen molar-refractivity contribution in [2.45, 2.75) is 13.5 Å².